The van der Waals surface area contributed by atoms with Crippen molar-refractivity contribution in [3.8, 4) is 173 Å². The van der Waals surface area contributed by atoms with Crippen molar-refractivity contribution in [3.63, 3.8) is 0 Å². The van der Waals surface area contributed by atoms with E-state index in [0.29, 0.717) is 138 Å². The second kappa shape index (κ2) is 31.1. The number of aromatic nitrogens is 4. The molecule has 610 valence electrons. The first kappa shape index (κ1) is 80.6. The van der Waals surface area contributed by atoms with E-state index < -0.39 is 34.6 Å². The zero-order valence-electron chi connectivity index (χ0n) is 68.1. The topological polar surface area (TPSA) is 305 Å². The van der Waals surface area contributed by atoms with E-state index in [1.165, 1.54) is 66.7 Å². The molecule has 22 heteroatoms. The number of benzene rings is 16. The lowest BCUT2D eigenvalue weighted by Gasteiger charge is -2.21. The Bertz CT molecular complexity index is 9200. The summed E-state index contributed by atoms with van der Waals surface area (Å²) in [5, 5.41) is 133. The van der Waals surface area contributed by atoms with Crippen LogP contribution in [0.3, 0.4) is 0 Å². The molecule has 0 spiro atoms. The second-order valence-electron chi connectivity index (χ2n) is 31.4. The number of hydrogen-bond acceptors (Lipinski definition) is 12. The van der Waals surface area contributed by atoms with E-state index >= 15 is 26.3 Å². The summed E-state index contributed by atoms with van der Waals surface area (Å²) in [4.78, 5) is 0. The first-order valence-corrected chi connectivity index (χ1v) is 40.6. The first-order chi connectivity index (χ1) is 64.1. The van der Waals surface area contributed by atoms with E-state index in [2.05, 4.69) is 60.7 Å². The van der Waals surface area contributed by atoms with Crippen LogP contribution in [0.25, 0.3) is 188 Å². The number of nitriles is 12. The highest BCUT2D eigenvalue weighted by atomic mass is 19.4. The van der Waals surface area contributed by atoms with E-state index in [-0.39, 0.29) is 101 Å². The van der Waals surface area contributed by atoms with Crippen molar-refractivity contribution in [2.24, 2.45) is 0 Å². The Balaban J connectivity index is 0.852. The zero-order valence-corrected chi connectivity index (χ0v) is 68.1. The Morgan fingerprint density at radius 2 is 0.424 bits per heavy atom. The van der Waals surface area contributed by atoms with Crippen molar-refractivity contribution in [3.05, 3.63) is 369 Å². The third kappa shape index (κ3) is 12.9. The molecular weight excluding hydrogens is 1660 g/mol. The fourth-order valence-electron chi connectivity index (χ4n) is 18.6. The largest absolute Gasteiger partial charge is 0.417 e. The molecule has 0 bridgehead atoms. The maximum absolute atomic E-state index is 15.8. The van der Waals surface area contributed by atoms with Gasteiger partial charge < -0.3 is 18.3 Å². The summed E-state index contributed by atoms with van der Waals surface area (Å²) >= 11 is 0. The molecule has 132 heavy (non-hydrogen) atoms. The number of hydrogen-bond donors (Lipinski definition) is 0. The molecule has 0 saturated heterocycles. The molecule has 0 aliphatic rings. The van der Waals surface area contributed by atoms with Crippen LogP contribution in [0.5, 0.6) is 0 Å². The van der Waals surface area contributed by atoms with Gasteiger partial charge in [-0.05, 0) is 213 Å². The van der Waals surface area contributed by atoms with Gasteiger partial charge in [-0.3, -0.25) is 0 Å². The number of fused-ring (bicyclic) bond motifs is 12. The summed E-state index contributed by atoms with van der Waals surface area (Å²) in [6, 6.07) is 105. The van der Waals surface area contributed by atoms with Crippen LogP contribution < -0.4 is 0 Å². The predicted octanol–water partition coefficient (Wildman–Crippen LogP) is 26.2. The van der Waals surface area contributed by atoms with Crippen LogP contribution in [0.15, 0.2) is 291 Å². The van der Waals surface area contributed by atoms with Gasteiger partial charge in [0, 0.05) is 65.3 Å². The van der Waals surface area contributed by atoms with Gasteiger partial charge in [0.2, 0.25) is 0 Å². The SMILES string of the molecule is N#Cc1ccc(-c2ccc3c(c2)c2ccccc2n3-c2cc(-c3ccc(C#N)cc3C(F)(F)F)c(C#N)cc2-n2c3ccc(-c4ccc(C#N)cc4C#N)cc3c3ccc(-c4cc(-c5ccc6c7ccccc7n(-c7cc(-c8ccc(C#N)cc8C(F)(F)F)c(C#N)cc7-n7c8ccccc8c8ccc(-c9ccc(C#N)cc9C#N)cc87)c6c5)c(C#N)cc4C#N)cc32)c(C#N)c1. The van der Waals surface area contributed by atoms with Gasteiger partial charge in [-0.25, -0.2) is 0 Å². The van der Waals surface area contributed by atoms with Gasteiger partial charge in [0.05, 0.1) is 218 Å². The number of rotatable bonds is 11. The molecule has 20 rings (SSSR count). The molecular formula is C110H48F6N16. The smallest absolute Gasteiger partial charge is 0.307 e. The van der Waals surface area contributed by atoms with Crippen LogP contribution in [0.1, 0.15) is 77.9 Å². The third-order valence-electron chi connectivity index (χ3n) is 24.5. The van der Waals surface area contributed by atoms with E-state index in [0.717, 1.165) is 23.6 Å². The maximum atomic E-state index is 15.8. The van der Waals surface area contributed by atoms with Crippen molar-refractivity contribution in [1.82, 2.24) is 18.3 Å². The maximum Gasteiger partial charge on any atom is 0.417 e. The zero-order chi connectivity index (χ0) is 91.4. The summed E-state index contributed by atoms with van der Waals surface area (Å²) < 4.78 is 102. The van der Waals surface area contributed by atoms with E-state index in [1.807, 2.05) is 152 Å². The Kier molecular flexibility index (Phi) is 19.0. The van der Waals surface area contributed by atoms with E-state index in [4.69, 9.17) is 0 Å². The minimum Gasteiger partial charge on any atom is -0.307 e. The lowest BCUT2D eigenvalue weighted by molar-refractivity contribution is -0.137. The van der Waals surface area contributed by atoms with Crippen molar-refractivity contribution >= 4 is 87.2 Å². The Morgan fingerprint density at radius 3 is 0.758 bits per heavy atom. The molecule has 0 amide bonds. The summed E-state index contributed by atoms with van der Waals surface area (Å²) in [6.07, 6.45) is -10.1. The van der Waals surface area contributed by atoms with Gasteiger partial charge in [0.15, 0.2) is 0 Å². The molecule has 0 fully saturated rings. The summed E-state index contributed by atoms with van der Waals surface area (Å²) in [5.74, 6) is 0. The van der Waals surface area contributed by atoms with Gasteiger partial charge in [0.1, 0.15) is 0 Å². The fourth-order valence-corrected chi connectivity index (χ4v) is 18.6. The van der Waals surface area contributed by atoms with Crippen LogP contribution in [0.4, 0.5) is 26.3 Å². The van der Waals surface area contributed by atoms with E-state index in [9.17, 15) is 63.1 Å². The van der Waals surface area contributed by atoms with E-state index in [1.54, 1.807) is 84.9 Å². The molecule has 0 atom stereocenters. The van der Waals surface area contributed by atoms with Crippen molar-refractivity contribution in [2.75, 3.05) is 0 Å². The second-order valence-corrected chi connectivity index (χ2v) is 31.4. The molecule has 16 nitrogen and oxygen atoms in total. The molecule has 4 aromatic heterocycles. The third-order valence-corrected chi connectivity index (χ3v) is 24.5. The highest BCUT2D eigenvalue weighted by Gasteiger charge is 2.38. The lowest BCUT2D eigenvalue weighted by Crippen LogP contribution is -2.10. The molecule has 20 aromatic rings. The van der Waals surface area contributed by atoms with Gasteiger partial charge in [-0.2, -0.15) is 89.5 Å². The summed E-state index contributed by atoms with van der Waals surface area (Å²) in [5.41, 5.74) is 6.45. The number of nitrogens with zero attached hydrogens (tertiary/aromatic N) is 16. The Labute approximate surface area is 745 Å². The number of halogens is 6. The molecule has 0 aliphatic carbocycles. The molecule has 0 aliphatic heterocycles. The molecule has 16 aromatic carbocycles. The van der Waals surface area contributed by atoms with Crippen molar-refractivity contribution in [2.45, 2.75) is 12.4 Å². The number of para-hydroxylation sites is 3. The van der Waals surface area contributed by atoms with Gasteiger partial charge in [0.25, 0.3) is 0 Å². The molecule has 4 heterocycles. The van der Waals surface area contributed by atoms with Crippen molar-refractivity contribution in [1.29, 1.82) is 63.1 Å². The van der Waals surface area contributed by atoms with Crippen LogP contribution in [0, 0.1) is 136 Å². The van der Waals surface area contributed by atoms with Crippen LogP contribution in [-0.2, 0) is 12.4 Å². The molecule has 0 saturated carbocycles. The molecule has 0 N–H and O–H groups in total. The molecule has 0 unspecified atom stereocenters. The Hall–Kier alpha value is -19.8. The monoisotopic (exact) mass is 1710 g/mol. The normalized spacial score (nSPS) is 11.3. The summed E-state index contributed by atoms with van der Waals surface area (Å²) in [7, 11) is 0. The first-order valence-electron chi connectivity index (χ1n) is 40.6. The van der Waals surface area contributed by atoms with Crippen LogP contribution in [-0.4, -0.2) is 18.3 Å². The Morgan fingerprint density at radius 1 is 0.174 bits per heavy atom. The summed E-state index contributed by atoms with van der Waals surface area (Å²) in [6.45, 7) is 0. The van der Waals surface area contributed by atoms with Gasteiger partial charge >= 0.3 is 12.4 Å². The number of alkyl halides is 6. The lowest BCUT2D eigenvalue weighted by atomic mass is 9.90. The quantitative estimate of drug-likeness (QED) is 0.109. The highest BCUT2D eigenvalue weighted by molar-refractivity contribution is 6.16. The average molecular weight is 1710 g/mol. The van der Waals surface area contributed by atoms with Gasteiger partial charge in [-0.1, -0.05) is 133 Å². The van der Waals surface area contributed by atoms with Crippen molar-refractivity contribution < 1.29 is 26.3 Å². The molecule has 0 radical (unpaired) electrons. The average Bonchev–Trinajstić information content (AvgIpc) is 1.55. The van der Waals surface area contributed by atoms with Gasteiger partial charge in [-0.15, -0.1) is 0 Å². The fraction of sp³-hybridized carbons (Fsp3) is 0.0182. The highest BCUT2D eigenvalue weighted by Crippen LogP contribution is 2.51. The minimum atomic E-state index is -5.07. The van der Waals surface area contributed by atoms with Crippen LogP contribution >= 0.6 is 0 Å². The predicted molar refractivity (Wildman–Crippen MR) is 488 cm³/mol. The standard InChI is InChI=1S/C110H48F6N16/c111-109(112,113)95-36-64(52-120)16-26-81(95)91-47-107(129-99-12-6-3-9-85(99)93-39-66(21-31-100(93)129)78-23-13-61(49-117)33-71(78)54-122)105(44-76(91)59-127)132-101-32-22-67(79-24-14-62(50-118)34-72(79)55-123)40-94(101)88-30-20-70(43-104(88)132)90-46-89(74(57-125)38-75(90)58-126)69-19-29-87-84-8-2-5-11-98(84)131(103(87)42-69)108-48-92(82-27-17-65(53-121)37-96(82)110(114,115)116)77(60-128)45-106(108)130-97-10-4-1-7-83(97)86-28-18-68(41-102(86)130)80-25-15-63(51-119)35-73(80)56-124/h1-48H. The minimum absolute atomic E-state index is 0.0278. The van der Waals surface area contributed by atoms with Crippen LogP contribution in [0.2, 0.25) is 0 Å².